The number of nitrogens with zero attached hydrogens (tertiary/aromatic N) is 1. The fraction of sp³-hybridized carbons (Fsp3) is 0.909. The number of amides is 1. The van der Waals surface area contributed by atoms with Gasteiger partial charge in [-0.3, -0.25) is 4.79 Å². The Labute approximate surface area is 96.0 Å². The third-order valence-electron chi connectivity index (χ3n) is 3.63. The van der Waals surface area contributed by atoms with E-state index in [-0.39, 0.29) is 0 Å². The van der Waals surface area contributed by atoms with Gasteiger partial charge >= 0.3 is 0 Å². The molecule has 86 valence electrons. The van der Waals surface area contributed by atoms with Gasteiger partial charge < -0.3 is 10.2 Å². The summed E-state index contributed by atoms with van der Waals surface area (Å²) in [5.74, 6) is 1.45. The van der Waals surface area contributed by atoms with Gasteiger partial charge in [0.1, 0.15) is 0 Å². The molecule has 0 aromatic rings. The summed E-state index contributed by atoms with van der Waals surface area (Å²) < 4.78 is 0. The van der Waals surface area contributed by atoms with Gasteiger partial charge in [0.25, 0.3) is 0 Å². The van der Waals surface area contributed by atoms with Crippen molar-refractivity contribution in [3.63, 3.8) is 0 Å². The molecule has 0 atom stereocenters. The third kappa shape index (κ3) is 2.48. The van der Waals surface area contributed by atoms with Crippen LogP contribution in [0.5, 0.6) is 0 Å². The number of carbonyl (C=O) groups is 1. The predicted molar refractivity (Wildman–Crippen MR) is 64.1 cm³/mol. The Morgan fingerprint density at radius 1 is 1.47 bits per heavy atom. The molecular formula is C11H20N2OS. The molecule has 0 saturated carbocycles. The molecule has 0 bridgehead atoms. The number of thioether (sulfide) groups is 1. The van der Waals surface area contributed by atoms with Crippen LogP contribution in [0.2, 0.25) is 0 Å². The molecule has 1 spiro atoms. The average Bonchev–Trinajstić information content (AvgIpc) is 2.53. The van der Waals surface area contributed by atoms with Gasteiger partial charge in [-0.1, -0.05) is 0 Å². The van der Waals surface area contributed by atoms with E-state index in [2.05, 4.69) is 16.5 Å². The molecule has 0 aromatic heterocycles. The highest BCUT2D eigenvalue weighted by Crippen LogP contribution is 2.39. The van der Waals surface area contributed by atoms with Crippen LogP contribution in [0.1, 0.15) is 19.3 Å². The van der Waals surface area contributed by atoms with Crippen LogP contribution in [0.4, 0.5) is 0 Å². The maximum atomic E-state index is 11.8. The van der Waals surface area contributed by atoms with Crippen molar-refractivity contribution in [2.24, 2.45) is 5.41 Å². The van der Waals surface area contributed by atoms with Crippen LogP contribution < -0.4 is 5.32 Å². The van der Waals surface area contributed by atoms with Crippen LogP contribution in [-0.4, -0.2) is 49.0 Å². The van der Waals surface area contributed by atoms with Crippen molar-refractivity contribution < 1.29 is 4.79 Å². The van der Waals surface area contributed by atoms with E-state index in [1.165, 1.54) is 12.8 Å². The normalized spacial score (nSPS) is 25.1. The Balaban J connectivity index is 1.92. The molecule has 2 heterocycles. The minimum Gasteiger partial charge on any atom is -0.341 e. The Bertz CT molecular complexity index is 239. The average molecular weight is 228 g/mol. The molecule has 0 aliphatic carbocycles. The second-order valence-corrected chi connectivity index (χ2v) is 5.72. The first-order valence-corrected chi connectivity index (χ1v) is 7.13. The number of hydrogen-bond acceptors (Lipinski definition) is 3. The molecule has 1 amide bonds. The van der Waals surface area contributed by atoms with Gasteiger partial charge in [0.15, 0.2) is 0 Å². The van der Waals surface area contributed by atoms with E-state index in [0.29, 0.717) is 11.3 Å². The number of piperidine rings is 1. The summed E-state index contributed by atoms with van der Waals surface area (Å²) in [6.07, 6.45) is 5.24. The zero-order valence-corrected chi connectivity index (χ0v) is 10.2. The Morgan fingerprint density at radius 2 is 2.20 bits per heavy atom. The number of hydrogen-bond donors (Lipinski definition) is 1. The van der Waals surface area contributed by atoms with E-state index in [1.54, 1.807) is 0 Å². The summed E-state index contributed by atoms with van der Waals surface area (Å²) in [5.41, 5.74) is 0.320. The highest BCUT2D eigenvalue weighted by atomic mass is 32.2. The summed E-state index contributed by atoms with van der Waals surface area (Å²) in [5, 5.41) is 3.37. The van der Waals surface area contributed by atoms with Gasteiger partial charge in [0, 0.05) is 25.3 Å². The molecule has 2 fully saturated rings. The first kappa shape index (κ1) is 11.3. The lowest BCUT2D eigenvalue weighted by atomic mass is 9.78. The Morgan fingerprint density at radius 3 is 2.87 bits per heavy atom. The van der Waals surface area contributed by atoms with Crippen molar-refractivity contribution in [1.82, 2.24) is 10.2 Å². The molecule has 2 aliphatic heterocycles. The van der Waals surface area contributed by atoms with Gasteiger partial charge in [-0.25, -0.2) is 0 Å². The van der Waals surface area contributed by atoms with Crippen LogP contribution in [0, 0.1) is 5.41 Å². The summed E-state index contributed by atoms with van der Waals surface area (Å²) >= 11 is 1.82. The molecule has 15 heavy (non-hydrogen) atoms. The zero-order chi connectivity index (χ0) is 10.7. The van der Waals surface area contributed by atoms with Crippen molar-refractivity contribution in [2.45, 2.75) is 19.3 Å². The molecule has 4 heteroatoms. The Hall–Kier alpha value is -0.220. The minimum absolute atomic E-state index is 0.320. The van der Waals surface area contributed by atoms with Crippen molar-refractivity contribution in [3.8, 4) is 0 Å². The van der Waals surface area contributed by atoms with Gasteiger partial charge in [-0.05, 0) is 37.6 Å². The SMILES string of the molecule is CSCCN1CC2(CCNCC2)CC1=O. The smallest absolute Gasteiger partial charge is 0.223 e. The largest absolute Gasteiger partial charge is 0.341 e. The summed E-state index contributed by atoms with van der Waals surface area (Å²) in [4.78, 5) is 13.9. The predicted octanol–water partition coefficient (Wildman–Crippen LogP) is 0.951. The molecular weight excluding hydrogens is 208 g/mol. The maximum Gasteiger partial charge on any atom is 0.223 e. The lowest BCUT2D eigenvalue weighted by Crippen LogP contribution is -2.39. The Kier molecular flexibility index (Phi) is 3.57. The first-order chi connectivity index (χ1) is 7.26. The number of rotatable bonds is 3. The molecule has 0 radical (unpaired) electrons. The second-order valence-electron chi connectivity index (χ2n) is 4.73. The zero-order valence-electron chi connectivity index (χ0n) is 9.42. The fourth-order valence-electron chi connectivity index (χ4n) is 2.68. The first-order valence-electron chi connectivity index (χ1n) is 5.73. The van der Waals surface area contributed by atoms with E-state index < -0.39 is 0 Å². The molecule has 2 rings (SSSR count). The molecule has 0 unspecified atom stereocenters. The molecule has 3 nitrogen and oxygen atoms in total. The molecule has 0 aromatic carbocycles. The highest BCUT2D eigenvalue weighted by molar-refractivity contribution is 7.98. The van der Waals surface area contributed by atoms with Crippen LogP contribution in [-0.2, 0) is 4.79 Å². The van der Waals surface area contributed by atoms with Crippen LogP contribution in [0.3, 0.4) is 0 Å². The number of carbonyl (C=O) groups excluding carboxylic acids is 1. The number of nitrogens with one attached hydrogen (secondary N) is 1. The van der Waals surface area contributed by atoms with Crippen LogP contribution in [0.25, 0.3) is 0 Å². The van der Waals surface area contributed by atoms with Gasteiger partial charge in [0.05, 0.1) is 0 Å². The summed E-state index contributed by atoms with van der Waals surface area (Å²) in [6.45, 7) is 4.12. The van der Waals surface area contributed by atoms with E-state index in [0.717, 1.165) is 38.4 Å². The van der Waals surface area contributed by atoms with E-state index >= 15 is 0 Å². The van der Waals surface area contributed by atoms with Crippen LogP contribution >= 0.6 is 11.8 Å². The van der Waals surface area contributed by atoms with Gasteiger partial charge in [-0.15, -0.1) is 0 Å². The topological polar surface area (TPSA) is 32.3 Å². The summed E-state index contributed by atoms with van der Waals surface area (Å²) in [6, 6.07) is 0. The maximum absolute atomic E-state index is 11.8. The highest BCUT2D eigenvalue weighted by Gasteiger charge is 2.43. The second kappa shape index (κ2) is 4.74. The van der Waals surface area contributed by atoms with E-state index in [9.17, 15) is 4.79 Å². The molecule has 1 N–H and O–H groups in total. The van der Waals surface area contributed by atoms with Crippen molar-refractivity contribution in [3.05, 3.63) is 0 Å². The third-order valence-corrected chi connectivity index (χ3v) is 4.23. The van der Waals surface area contributed by atoms with Crippen LogP contribution in [0.15, 0.2) is 0 Å². The lowest BCUT2D eigenvalue weighted by molar-refractivity contribution is -0.127. The van der Waals surface area contributed by atoms with Crippen molar-refractivity contribution >= 4 is 17.7 Å². The van der Waals surface area contributed by atoms with Gasteiger partial charge in [-0.2, -0.15) is 11.8 Å². The van der Waals surface area contributed by atoms with Crippen molar-refractivity contribution in [1.29, 1.82) is 0 Å². The minimum atomic E-state index is 0.320. The van der Waals surface area contributed by atoms with E-state index in [1.807, 2.05) is 11.8 Å². The van der Waals surface area contributed by atoms with Crippen molar-refractivity contribution in [2.75, 3.05) is 38.2 Å². The molecule has 2 aliphatic rings. The monoisotopic (exact) mass is 228 g/mol. The van der Waals surface area contributed by atoms with Gasteiger partial charge in [0.2, 0.25) is 5.91 Å². The fourth-order valence-corrected chi connectivity index (χ4v) is 3.08. The quantitative estimate of drug-likeness (QED) is 0.780. The summed E-state index contributed by atoms with van der Waals surface area (Å²) in [7, 11) is 0. The lowest BCUT2D eigenvalue weighted by Gasteiger charge is -2.33. The number of likely N-dealkylation sites (tertiary alicyclic amines) is 1. The standard InChI is InChI=1S/C11H20N2OS/c1-15-7-6-13-9-11(8-10(13)14)2-4-12-5-3-11/h12H,2-9H2,1H3. The molecule has 2 saturated heterocycles. The van der Waals surface area contributed by atoms with E-state index in [4.69, 9.17) is 0 Å².